The number of carbonyl (C=O) groups excluding carboxylic acids is 2. The summed E-state index contributed by atoms with van der Waals surface area (Å²) in [5.74, 6) is -2.50. The number of anilines is 1. The van der Waals surface area contributed by atoms with Crippen molar-refractivity contribution in [1.82, 2.24) is 0 Å². The number of rotatable bonds is 4. The number of benzene rings is 1. The van der Waals surface area contributed by atoms with Crippen molar-refractivity contribution in [2.24, 2.45) is 11.3 Å². The van der Waals surface area contributed by atoms with Crippen LogP contribution >= 0.6 is 0 Å². The van der Waals surface area contributed by atoms with Crippen molar-refractivity contribution in [3.05, 3.63) is 30.3 Å². The topological polar surface area (TPSA) is 46.6 Å². The quantitative estimate of drug-likeness (QED) is 0.800. The monoisotopic (exact) mass is 292 g/mol. The van der Waals surface area contributed by atoms with E-state index in [2.05, 4.69) is 0 Å². The molecule has 4 heteroatoms. The molecule has 0 saturated carbocycles. The van der Waals surface area contributed by atoms with Crippen molar-refractivity contribution in [3.8, 4) is 0 Å². The van der Waals surface area contributed by atoms with Crippen LogP contribution in [0.3, 0.4) is 0 Å². The lowest BCUT2D eigenvalue weighted by Crippen LogP contribution is -2.45. The van der Waals surface area contributed by atoms with Gasteiger partial charge in [0.15, 0.2) is 0 Å². The molecule has 0 saturated heterocycles. The zero-order chi connectivity index (χ0) is 17.1. The maximum atomic E-state index is 12.8. The minimum atomic E-state index is -1.59. The van der Waals surface area contributed by atoms with Crippen molar-refractivity contribution in [3.63, 3.8) is 0 Å². The predicted octanol–water partition coefficient (Wildman–Crippen LogP) is 3.26. The Morgan fingerprint density at radius 2 is 1.76 bits per heavy atom. The lowest BCUT2D eigenvalue weighted by atomic mass is 9.81. The average Bonchev–Trinajstić information content (AvgIpc) is 2.42. The Bertz CT molecular complexity index is 535. The average molecular weight is 292 g/mol. The van der Waals surface area contributed by atoms with Gasteiger partial charge in [-0.05, 0) is 24.5 Å². The highest BCUT2D eigenvalue weighted by molar-refractivity contribution is 5.94. The van der Waals surface area contributed by atoms with Gasteiger partial charge in [-0.25, -0.2) is 0 Å². The zero-order valence-electron chi connectivity index (χ0n) is 14.6. The first-order valence-corrected chi connectivity index (χ1v) is 6.98. The summed E-state index contributed by atoms with van der Waals surface area (Å²) in [6, 6.07) is 9.11. The van der Waals surface area contributed by atoms with Crippen molar-refractivity contribution in [1.29, 1.82) is 0 Å². The van der Waals surface area contributed by atoms with Gasteiger partial charge in [-0.3, -0.25) is 9.59 Å². The Hall–Kier alpha value is -1.84. The second kappa shape index (κ2) is 6.74. The van der Waals surface area contributed by atoms with Crippen LogP contribution < -0.4 is 4.90 Å². The van der Waals surface area contributed by atoms with Crippen LogP contribution in [0.25, 0.3) is 0 Å². The summed E-state index contributed by atoms with van der Waals surface area (Å²) in [5.41, 5.74) is 0.163. The smallest absolute Gasteiger partial charge is 0.302 e. The van der Waals surface area contributed by atoms with E-state index in [9.17, 15) is 9.59 Å². The highest BCUT2D eigenvalue weighted by atomic mass is 16.5. The Balaban J connectivity index is 3.13. The number of esters is 1. The summed E-state index contributed by atoms with van der Waals surface area (Å²) in [7, 11) is 1.62. The minimum absolute atomic E-state index is 0.417. The van der Waals surface area contributed by atoms with E-state index >= 15 is 0 Å². The fourth-order valence-electron chi connectivity index (χ4n) is 2.23. The molecular weight excluding hydrogens is 266 g/mol. The molecule has 0 bridgehead atoms. The summed E-state index contributed by atoms with van der Waals surface area (Å²) in [4.78, 5) is 25.6. The molecule has 116 valence electrons. The van der Waals surface area contributed by atoms with E-state index in [0.717, 1.165) is 0 Å². The largest absolute Gasteiger partial charge is 0.461 e. The predicted molar refractivity (Wildman–Crippen MR) is 84.0 cm³/mol. The van der Waals surface area contributed by atoms with E-state index in [1.807, 2.05) is 39.0 Å². The third-order valence-electron chi connectivity index (χ3n) is 3.25. The number of amides is 1. The second-order valence-electron chi connectivity index (χ2n) is 6.24. The van der Waals surface area contributed by atoms with E-state index in [1.54, 1.807) is 19.2 Å². The van der Waals surface area contributed by atoms with Crippen LogP contribution in [0.15, 0.2) is 30.3 Å². The number of para-hydroxylation sites is 1. The van der Waals surface area contributed by atoms with E-state index in [4.69, 9.17) is 6.11 Å². The Morgan fingerprint density at radius 1 is 1.24 bits per heavy atom. The third kappa shape index (κ3) is 4.59. The Kier molecular flexibility index (Phi) is 4.99. The highest BCUT2D eigenvalue weighted by Gasteiger charge is 2.37. The number of ether oxygens (including phenoxy) is 1. The summed E-state index contributed by atoms with van der Waals surface area (Å²) in [5, 5.41) is 0. The van der Waals surface area contributed by atoms with E-state index in [0.29, 0.717) is 5.69 Å². The molecule has 0 aliphatic rings. The zero-order valence-corrected chi connectivity index (χ0v) is 13.6. The molecule has 0 aliphatic heterocycles. The van der Waals surface area contributed by atoms with Crippen LogP contribution in [0.2, 0.25) is 0 Å². The molecule has 0 heterocycles. The number of carbonyl (C=O) groups is 2. The summed E-state index contributed by atoms with van der Waals surface area (Å²) >= 11 is 0. The van der Waals surface area contributed by atoms with Gasteiger partial charge >= 0.3 is 5.97 Å². The van der Waals surface area contributed by atoms with Gasteiger partial charge in [-0.2, -0.15) is 0 Å². The van der Waals surface area contributed by atoms with Crippen LogP contribution in [0, 0.1) is 11.3 Å². The third-order valence-corrected chi connectivity index (χ3v) is 3.25. The van der Waals surface area contributed by atoms with Crippen LogP contribution in [-0.2, 0) is 14.3 Å². The van der Waals surface area contributed by atoms with Gasteiger partial charge in [0.2, 0.25) is 5.91 Å². The SMILES string of the molecule is [2H][C@](C)(C(=O)N(C)c1ccccc1)[C@H](OC(C)=O)C(C)(C)C. The van der Waals surface area contributed by atoms with Crippen molar-refractivity contribution in [2.45, 2.75) is 40.7 Å². The molecule has 0 radical (unpaired) electrons. The number of hydrogen-bond acceptors (Lipinski definition) is 3. The van der Waals surface area contributed by atoms with Crippen LogP contribution in [0.5, 0.6) is 0 Å². The van der Waals surface area contributed by atoms with Crippen LogP contribution in [0.1, 0.15) is 36.0 Å². The lowest BCUT2D eigenvalue weighted by molar-refractivity contribution is -0.158. The molecule has 1 amide bonds. The fourth-order valence-corrected chi connectivity index (χ4v) is 2.23. The maximum absolute atomic E-state index is 12.8. The minimum Gasteiger partial charge on any atom is -0.461 e. The molecule has 1 aromatic rings. The lowest BCUT2D eigenvalue weighted by Gasteiger charge is -2.35. The molecule has 0 aliphatic carbocycles. The molecule has 0 unspecified atom stereocenters. The van der Waals surface area contributed by atoms with Gasteiger partial charge in [0.05, 0.1) is 5.89 Å². The fraction of sp³-hybridized carbons (Fsp3) is 0.529. The molecule has 4 nitrogen and oxygen atoms in total. The highest BCUT2D eigenvalue weighted by Crippen LogP contribution is 2.30. The molecular formula is C17H25NO3. The van der Waals surface area contributed by atoms with Crippen molar-refractivity contribution >= 4 is 17.6 Å². The Morgan fingerprint density at radius 3 is 2.19 bits per heavy atom. The van der Waals surface area contributed by atoms with Gasteiger partial charge in [0.1, 0.15) is 6.10 Å². The molecule has 1 rings (SSSR count). The first-order valence-electron chi connectivity index (χ1n) is 7.48. The molecule has 0 spiro atoms. The van der Waals surface area contributed by atoms with Gasteiger partial charge in [-0.1, -0.05) is 39.0 Å². The Labute approximate surface area is 128 Å². The van der Waals surface area contributed by atoms with Crippen LogP contribution in [-0.4, -0.2) is 25.0 Å². The summed E-state index contributed by atoms with van der Waals surface area (Å²) in [6.45, 7) is 8.34. The number of hydrogen-bond donors (Lipinski definition) is 0. The van der Waals surface area contributed by atoms with Gasteiger partial charge in [-0.15, -0.1) is 0 Å². The molecule has 0 aromatic heterocycles. The van der Waals surface area contributed by atoms with Gasteiger partial charge < -0.3 is 9.64 Å². The normalized spacial score (nSPS) is 16.4. The summed E-state index contributed by atoms with van der Waals surface area (Å²) < 4.78 is 13.9. The first kappa shape index (κ1) is 15.5. The second-order valence-corrected chi connectivity index (χ2v) is 6.24. The molecule has 0 fully saturated rings. The molecule has 0 N–H and O–H groups in total. The maximum Gasteiger partial charge on any atom is 0.302 e. The summed E-state index contributed by atoms with van der Waals surface area (Å²) in [6.07, 6.45) is -0.851. The van der Waals surface area contributed by atoms with Gasteiger partial charge in [0.25, 0.3) is 0 Å². The van der Waals surface area contributed by atoms with Gasteiger partial charge in [0, 0.05) is 21.0 Å². The van der Waals surface area contributed by atoms with Crippen molar-refractivity contribution in [2.75, 3.05) is 11.9 Å². The first-order chi connectivity index (χ1) is 9.98. The van der Waals surface area contributed by atoms with E-state index in [-0.39, 0.29) is 0 Å². The van der Waals surface area contributed by atoms with E-state index in [1.165, 1.54) is 18.7 Å². The van der Waals surface area contributed by atoms with Crippen LogP contribution in [0.4, 0.5) is 5.69 Å². The molecule has 21 heavy (non-hydrogen) atoms. The van der Waals surface area contributed by atoms with Crippen molar-refractivity contribution < 1.29 is 15.7 Å². The molecule has 2 atom stereocenters. The van der Waals surface area contributed by atoms with E-state index < -0.39 is 29.3 Å². The molecule has 1 aromatic carbocycles. The standard InChI is InChI=1S/C17H25NO3/c1-12(15(17(3,4)5)21-13(2)19)16(20)18(6)14-10-8-7-9-11-14/h7-12,15H,1-6H3/t12-,15+/m1/s1/i12D. The number of nitrogens with zero attached hydrogens (tertiary/aromatic N) is 1.